The molecule has 1 aromatic rings. The van der Waals surface area contributed by atoms with E-state index < -0.39 is 10.0 Å². The van der Waals surface area contributed by atoms with Crippen molar-refractivity contribution in [3.05, 3.63) is 29.8 Å². The minimum absolute atomic E-state index is 0.0170. The zero-order valence-corrected chi connectivity index (χ0v) is 15.7. The Kier molecular flexibility index (Phi) is 5.94. The molecule has 0 radical (unpaired) electrons. The molecule has 1 atom stereocenters. The number of hydrogen-bond donors (Lipinski definition) is 1. The van der Waals surface area contributed by atoms with Crippen molar-refractivity contribution in [1.29, 1.82) is 5.26 Å². The lowest BCUT2D eigenvalue weighted by molar-refractivity contribution is -0.127. The molecule has 1 aliphatic heterocycles. The molecule has 1 aliphatic carbocycles. The molecule has 6 nitrogen and oxygen atoms in total. The molecule has 7 heteroatoms. The second-order valence-electron chi connectivity index (χ2n) is 7.18. The Labute approximate surface area is 155 Å². The number of nitriles is 1. The second-order valence-corrected chi connectivity index (χ2v) is 9.12. The minimum Gasteiger partial charge on any atom is -0.353 e. The summed E-state index contributed by atoms with van der Waals surface area (Å²) < 4.78 is 27.1. The summed E-state index contributed by atoms with van der Waals surface area (Å²) in [4.78, 5) is 12.8. The van der Waals surface area contributed by atoms with Crippen LogP contribution in [0.2, 0.25) is 0 Å². The first-order valence-electron chi connectivity index (χ1n) is 9.31. The lowest BCUT2D eigenvalue weighted by Crippen LogP contribution is -2.47. The molecule has 2 aliphatic rings. The molecule has 0 bridgehead atoms. The molecule has 1 aromatic carbocycles. The molecule has 1 saturated carbocycles. The number of benzene rings is 1. The Morgan fingerprint density at radius 3 is 2.42 bits per heavy atom. The van der Waals surface area contributed by atoms with Crippen LogP contribution in [-0.2, 0) is 14.8 Å². The number of nitrogens with zero attached hydrogens (tertiary/aromatic N) is 2. The lowest BCUT2D eigenvalue weighted by atomic mass is 9.93. The Morgan fingerprint density at radius 1 is 1.08 bits per heavy atom. The Hall–Kier alpha value is -1.91. The van der Waals surface area contributed by atoms with Gasteiger partial charge in [0.25, 0.3) is 0 Å². The number of piperidine rings is 1. The lowest BCUT2D eigenvalue weighted by Gasteiger charge is -2.32. The van der Waals surface area contributed by atoms with E-state index in [0.29, 0.717) is 18.5 Å². The molecule has 26 heavy (non-hydrogen) atoms. The molecule has 1 amide bonds. The van der Waals surface area contributed by atoms with Crippen LogP contribution in [0.4, 0.5) is 0 Å². The highest BCUT2D eigenvalue weighted by atomic mass is 32.2. The highest BCUT2D eigenvalue weighted by Gasteiger charge is 2.34. The summed E-state index contributed by atoms with van der Waals surface area (Å²) in [5.41, 5.74) is 0.423. The van der Waals surface area contributed by atoms with E-state index in [9.17, 15) is 13.2 Å². The van der Waals surface area contributed by atoms with Crippen molar-refractivity contribution in [3.63, 3.8) is 0 Å². The van der Waals surface area contributed by atoms with Crippen LogP contribution in [0.3, 0.4) is 0 Å². The van der Waals surface area contributed by atoms with Gasteiger partial charge in [-0.05, 0) is 49.9 Å². The van der Waals surface area contributed by atoms with Crippen molar-refractivity contribution in [2.24, 2.45) is 5.92 Å². The number of amides is 1. The average molecular weight is 375 g/mol. The zero-order valence-electron chi connectivity index (χ0n) is 14.9. The summed E-state index contributed by atoms with van der Waals surface area (Å²) >= 11 is 0. The predicted molar refractivity (Wildman–Crippen MR) is 97.7 cm³/mol. The molecular formula is C19H25N3O3S. The molecule has 1 heterocycles. The smallest absolute Gasteiger partial charge is 0.243 e. The van der Waals surface area contributed by atoms with Crippen molar-refractivity contribution >= 4 is 15.9 Å². The van der Waals surface area contributed by atoms with Crippen molar-refractivity contribution in [2.75, 3.05) is 13.1 Å². The van der Waals surface area contributed by atoms with Crippen molar-refractivity contribution in [3.8, 4) is 6.07 Å². The summed E-state index contributed by atoms with van der Waals surface area (Å²) in [5, 5.41) is 12.0. The third-order valence-electron chi connectivity index (χ3n) is 5.33. The number of rotatable bonds is 4. The van der Waals surface area contributed by atoms with Gasteiger partial charge < -0.3 is 5.32 Å². The molecule has 1 unspecified atom stereocenters. The van der Waals surface area contributed by atoms with E-state index in [1.807, 2.05) is 6.07 Å². The number of nitrogens with one attached hydrogen (secondary N) is 1. The van der Waals surface area contributed by atoms with E-state index in [2.05, 4.69) is 5.32 Å². The summed E-state index contributed by atoms with van der Waals surface area (Å²) in [5.74, 6) is -0.310. The Bertz CT molecular complexity index is 777. The van der Waals surface area contributed by atoms with Gasteiger partial charge in [-0.25, -0.2) is 8.42 Å². The van der Waals surface area contributed by atoms with Crippen LogP contribution in [0, 0.1) is 17.2 Å². The number of carbonyl (C=O) groups excluding carboxylic acids is 1. The summed E-state index contributed by atoms with van der Waals surface area (Å²) in [6.07, 6.45) is 6.96. The number of carbonyl (C=O) groups is 1. The quantitative estimate of drug-likeness (QED) is 0.875. The summed E-state index contributed by atoms with van der Waals surface area (Å²) in [6.45, 7) is 0.649. The van der Waals surface area contributed by atoms with E-state index in [1.165, 1.54) is 35.0 Å². The van der Waals surface area contributed by atoms with E-state index in [4.69, 9.17) is 5.26 Å². The molecular weight excluding hydrogens is 350 g/mol. The van der Waals surface area contributed by atoms with Crippen molar-refractivity contribution < 1.29 is 13.2 Å². The molecule has 0 aromatic heterocycles. The van der Waals surface area contributed by atoms with Crippen LogP contribution in [-0.4, -0.2) is 37.8 Å². The fraction of sp³-hybridized carbons (Fsp3) is 0.579. The van der Waals surface area contributed by atoms with Gasteiger partial charge >= 0.3 is 0 Å². The zero-order chi connectivity index (χ0) is 18.6. The predicted octanol–water partition coefficient (Wildman–Crippen LogP) is 2.41. The maximum absolute atomic E-state index is 12.9. The van der Waals surface area contributed by atoms with E-state index in [-0.39, 0.29) is 29.3 Å². The van der Waals surface area contributed by atoms with Crippen molar-refractivity contribution in [1.82, 2.24) is 9.62 Å². The Balaban J connectivity index is 1.66. The Morgan fingerprint density at radius 2 is 1.77 bits per heavy atom. The average Bonchev–Trinajstić information content (AvgIpc) is 2.69. The van der Waals surface area contributed by atoms with Gasteiger partial charge in [0.15, 0.2) is 0 Å². The van der Waals surface area contributed by atoms with E-state index in [0.717, 1.165) is 32.1 Å². The van der Waals surface area contributed by atoms with Gasteiger partial charge in [0.05, 0.1) is 22.4 Å². The van der Waals surface area contributed by atoms with Gasteiger partial charge in [-0.2, -0.15) is 9.57 Å². The highest BCUT2D eigenvalue weighted by molar-refractivity contribution is 7.89. The molecule has 1 saturated heterocycles. The minimum atomic E-state index is -3.64. The van der Waals surface area contributed by atoms with Crippen LogP contribution >= 0.6 is 0 Å². The maximum atomic E-state index is 12.9. The van der Waals surface area contributed by atoms with Gasteiger partial charge in [0.1, 0.15) is 0 Å². The number of sulfonamides is 1. The van der Waals surface area contributed by atoms with Gasteiger partial charge in [-0.3, -0.25) is 4.79 Å². The topological polar surface area (TPSA) is 90.3 Å². The molecule has 0 spiro atoms. The van der Waals surface area contributed by atoms with Crippen LogP contribution in [0.1, 0.15) is 50.5 Å². The molecule has 140 valence electrons. The first-order valence-corrected chi connectivity index (χ1v) is 10.8. The van der Waals surface area contributed by atoms with E-state index >= 15 is 0 Å². The maximum Gasteiger partial charge on any atom is 0.243 e. The standard InChI is InChI=1S/C19H25N3O3S/c20-13-15-8-10-18(11-9-15)26(24,25)22-12-4-5-16(14-22)19(23)21-17-6-2-1-3-7-17/h8-11,16-17H,1-7,12,14H2,(H,21,23). The fourth-order valence-electron chi connectivity index (χ4n) is 3.79. The van der Waals surface area contributed by atoms with E-state index in [1.54, 1.807) is 0 Å². The van der Waals surface area contributed by atoms with Crippen molar-refractivity contribution in [2.45, 2.75) is 55.9 Å². The van der Waals surface area contributed by atoms with Crippen LogP contribution < -0.4 is 5.32 Å². The summed E-state index contributed by atoms with van der Waals surface area (Å²) in [7, 11) is -3.64. The second kappa shape index (κ2) is 8.19. The van der Waals surface area contributed by atoms with Gasteiger partial charge in [0.2, 0.25) is 15.9 Å². The third-order valence-corrected chi connectivity index (χ3v) is 7.21. The van der Waals surface area contributed by atoms with Crippen LogP contribution in [0.25, 0.3) is 0 Å². The molecule has 1 N–H and O–H groups in total. The van der Waals surface area contributed by atoms with Crippen LogP contribution in [0.5, 0.6) is 0 Å². The third kappa shape index (κ3) is 4.25. The fourth-order valence-corrected chi connectivity index (χ4v) is 5.32. The monoisotopic (exact) mass is 375 g/mol. The molecule has 2 fully saturated rings. The van der Waals surface area contributed by atoms with Gasteiger partial charge in [-0.15, -0.1) is 0 Å². The largest absolute Gasteiger partial charge is 0.353 e. The van der Waals surface area contributed by atoms with Gasteiger partial charge in [-0.1, -0.05) is 19.3 Å². The first-order chi connectivity index (χ1) is 12.5. The summed E-state index contributed by atoms with van der Waals surface area (Å²) in [6, 6.07) is 8.15. The highest BCUT2D eigenvalue weighted by Crippen LogP contribution is 2.25. The normalized spacial score (nSPS) is 22.5. The first kappa shape index (κ1) is 18.9. The van der Waals surface area contributed by atoms with Gasteiger partial charge in [0, 0.05) is 19.1 Å². The van der Waals surface area contributed by atoms with Crippen LogP contribution in [0.15, 0.2) is 29.2 Å². The number of hydrogen-bond acceptors (Lipinski definition) is 4. The molecule has 3 rings (SSSR count). The SMILES string of the molecule is N#Cc1ccc(S(=O)(=O)N2CCCC(C(=O)NC3CCCCC3)C2)cc1.